The summed E-state index contributed by atoms with van der Waals surface area (Å²) in [6.45, 7) is 1.37. The Labute approximate surface area is 90.6 Å². The highest BCUT2D eigenvalue weighted by Gasteiger charge is 2.32. The molecule has 16 heavy (non-hydrogen) atoms. The third-order valence-corrected chi connectivity index (χ3v) is 2.96. The zero-order chi connectivity index (χ0) is 12.4. The maximum Gasteiger partial charge on any atom is 0.433 e. The second kappa shape index (κ2) is 4.28. The summed E-state index contributed by atoms with van der Waals surface area (Å²) < 4.78 is 60.9. The van der Waals surface area contributed by atoms with Crippen molar-refractivity contribution in [2.45, 2.75) is 13.1 Å². The van der Waals surface area contributed by atoms with Crippen LogP contribution in [0.2, 0.25) is 0 Å². The smallest absolute Gasteiger partial charge is 0.267 e. The van der Waals surface area contributed by atoms with Crippen LogP contribution in [0.4, 0.5) is 19.0 Å². The molecule has 0 aromatic carbocycles. The van der Waals surface area contributed by atoms with Gasteiger partial charge in [0.1, 0.15) is 11.5 Å². The second-order valence-corrected chi connectivity index (χ2v) is 4.92. The first-order chi connectivity index (χ1) is 7.24. The lowest BCUT2D eigenvalue weighted by Crippen LogP contribution is -2.17. The van der Waals surface area contributed by atoms with Gasteiger partial charge in [0.2, 0.25) is 10.0 Å². The van der Waals surface area contributed by atoms with E-state index in [1.54, 1.807) is 0 Å². The first-order valence-electron chi connectivity index (χ1n) is 4.29. The van der Waals surface area contributed by atoms with E-state index in [0.717, 1.165) is 18.2 Å². The number of sulfonamides is 1. The molecule has 1 heterocycles. The van der Waals surface area contributed by atoms with E-state index < -0.39 is 21.9 Å². The average Bonchev–Trinajstić information content (AvgIpc) is 2.16. The molecule has 1 N–H and O–H groups in total. The SMILES string of the molecule is CCS(=O)(=O)Nc1cccc(C(F)(F)F)n1. The molecule has 0 unspecified atom stereocenters. The van der Waals surface area contributed by atoms with E-state index in [1.165, 1.54) is 6.92 Å². The Bertz CT molecular complexity index is 470. The van der Waals surface area contributed by atoms with Crippen LogP contribution in [0, 0.1) is 0 Å². The molecule has 0 atom stereocenters. The Morgan fingerprint density at radius 3 is 2.50 bits per heavy atom. The number of pyridine rings is 1. The van der Waals surface area contributed by atoms with E-state index in [0.29, 0.717) is 0 Å². The molecular formula is C8H9F3N2O2S. The normalized spacial score (nSPS) is 12.5. The molecule has 1 rings (SSSR count). The minimum atomic E-state index is -4.59. The van der Waals surface area contributed by atoms with Gasteiger partial charge < -0.3 is 0 Å². The van der Waals surface area contributed by atoms with Gasteiger partial charge in [-0.1, -0.05) is 6.07 Å². The van der Waals surface area contributed by atoms with Gasteiger partial charge in [0.15, 0.2) is 0 Å². The Hall–Kier alpha value is -1.31. The van der Waals surface area contributed by atoms with Crippen molar-refractivity contribution >= 4 is 15.8 Å². The van der Waals surface area contributed by atoms with Gasteiger partial charge in [-0.05, 0) is 19.1 Å². The van der Waals surface area contributed by atoms with Gasteiger partial charge in [-0.2, -0.15) is 13.2 Å². The molecule has 4 nitrogen and oxygen atoms in total. The molecule has 0 aliphatic rings. The lowest BCUT2D eigenvalue weighted by molar-refractivity contribution is -0.141. The van der Waals surface area contributed by atoms with Crippen LogP contribution in [-0.4, -0.2) is 19.2 Å². The molecule has 0 bridgehead atoms. The fourth-order valence-corrected chi connectivity index (χ4v) is 1.46. The zero-order valence-corrected chi connectivity index (χ0v) is 9.06. The van der Waals surface area contributed by atoms with E-state index in [9.17, 15) is 21.6 Å². The third kappa shape index (κ3) is 3.37. The van der Waals surface area contributed by atoms with Crippen molar-refractivity contribution in [1.29, 1.82) is 0 Å². The number of alkyl halides is 3. The number of anilines is 1. The molecule has 90 valence electrons. The van der Waals surface area contributed by atoms with Gasteiger partial charge in [0.05, 0.1) is 5.75 Å². The van der Waals surface area contributed by atoms with Crippen LogP contribution in [0.1, 0.15) is 12.6 Å². The van der Waals surface area contributed by atoms with E-state index in [1.807, 2.05) is 4.72 Å². The summed E-state index contributed by atoms with van der Waals surface area (Å²) in [6, 6.07) is 3.01. The fourth-order valence-electron chi connectivity index (χ4n) is 0.881. The van der Waals surface area contributed by atoms with E-state index in [4.69, 9.17) is 0 Å². The summed E-state index contributed by atoms with van der Waals surface area (Å²) in [5.74, 6) is -0.568. The van der Waals surface area contributed by atoms with Crippen molar-refractivity contribution in [3.05, 3.63) is 23.9 Å². The summed E-state index contributed by atoms with van der Waals surface area (Å²) in [5.41, 5.74) is -1.14. The minimum absolute atomic E-state index is 0.231. The molecule has 0 amide bonds. The quantitative estimate of drug-likeness (QED) is 0.895. The third-order valence-electron chi connectivity index (χ3n) is 1.68. The van der Waals surface area contributed by atoms with Crippen LogP contribution in [0.25, 0.3) is 0 Å². The van der Waals surface area contributed by atoms with Crippen LogP contribution in [-0.2, 0) is 16.2 Å². The van der Waals surface area contributed by atoms with Crippen LogP contribution in [0.15, 0.2) is 18.2 Å². The molecule has 0 spiro atoms. The predicted octanol–water partition coefficient (Wildman–Crippen LogP) is 1.86. The Kier molecular flexibility index (Phi) is 3.41. The van der Waals surface area contributed by atoms with Crippen LogP contribution in [0.5, 0.6) is 0 Å². The van der Waals surface area contributed by atoms with Crippen LogP contribution < -0.4 is 4.72 Å². The topological polar surface area (TPSA) is 59.1 Å². The number of hydrogen-bond donors (Lipinski definition) is 1. The van der Waals surface area contributed by atoms with Gasteiger partial charge in [0, 0.05) is 0 Å². The molecule has 0 radical (unpaired) electrons. The number of aromatic nitrogens is 1. The van der Waals surface area contributed by atoms with Gasteiger partial charge in [-0.3, -0.25) is 4.72 Å². The Morgan fingerprint density at radius 1 is 1.38 bits per heavy atom. The highest BCUT2D eigenvalue weighted by Crippen LogP contribution is 2.28. The van der Waals surface area contributed by atoms with E-state index >= 15 is 0 Å². The van der Waals surface area contributed by atoms with Crippen molar-refractivity contribution < 1.29 is 21.6 Å². The van der Waals surface area contributed by atoms with Crippen molar-refractivity contribution in [1.82, 2.24) is 4.98 Å². The van der Waals surface area contributed by atoms with Crippen molar-refractivity contribution in [2.24, 2.45) is 0 Å². The maximum atomic E-state index is 12.2. The summed E-state index contributed by atoms with van der Waals surface area (Å²) in [5, 5.41) is 0. The molecule has 1 aromatic heterocycles. The van der Waals surface area contributed by atoms with Gasteiger partial charge in [-0.25, -0.2) is 13.4 Å². The highest BCUT2D eigenvalue weighted by atomic mass is 32.2. The molecule has 0 saturated carbocycles. The summed E-state index contributed by atoms with van der Waals surface area (Å²) in [6.07, 6.45) is -4.59. The predicted molar refractivity (Wildman–Crippen MR) is 52.3 cm³/mol. The van der Waals surface area contributed by atoms with Gasteiger partial charge >= 0.3 is 6.18 Å². The number of nitrogens with zero attached hydrogens (tertiary/aromatic N) is 1. The largest absolute Gasteiger partial charge is 0.433 e. The summed E-state index contributed by atoms with van der Waals surface area (Å²) in [4.78, 5) is 3.16. The van der Waals surface area contributed by atoms with Gasteiger partial charge in [0.25, 0.3) is 0 Å². The number of halogens is 3. The second-order valence-electron chi connectivity index (χ2n) is 2.91. The molecule has 1 aromatic rings. The first-order valence-corrected chi connectivity index (χ1v) is 5.94. The summed E-state index contributed by atoms with van der Waals surface area (Å²) in [7, 11) is -3.61. The van der Waals surface area contributed by atoms with Crippen molar-refractivity contribution in [3.63, 3.8) is 0 Å². The fraction of sp³-hybridized carbons (Fsp3) is 0.375. The standard InChI is InChI=1S/C8H9F3N2O2S/c1-2-16(14,15)13-7-5-3-4-6(12-7)8(9,10)11/h3-5H,2H2,1H3,(H,12,13). The van der Waals surface area contributed by atoms with E-state index in [2.05, 4.69) is 4.98 Å². The van der Waals surface area contributed by atoms with Crippen molar-refractivity contribution in [3.8, 4) is 0 Å². The highest BCUT2D eigenvalue weighted by molar-refractivity contribution is 7.92. The molecule has 8 heteroatoms. The van der Waals surface area contributed by atoms with E-state index in [-0.39, 0.29) is 11.6 Å². The van der Waals surface area contributed by atoms with Gasteiger partial charge in [-0.15, -0.1) is 0 Å². The molecular weight excluding hydrogens is 245 g/mol. The average molecular weight is 254 g/mol. The number of rotatable bonds is 3. The first kappa shape index (κ1) is 12.8. The monoisotopic (exact) mass is 254 g/mol. The molecule has 0 aliphatic heterocycles. The van der Waals surface area contributed by atoms with Crippen LogP contribution >= 0.6 is 0 Å². The zero-order valence-electron chi connectivity index (χ0n) is 8.25. The molecule has 0 aliphatic carbocycles. The van der Waals surface area contributed by atoms with Crippen LogP contribution in [0.3, 0.4) is 0 Å². The maximum absolute atomic E-state index is 12.2. The minimum Gasteiger partial charge on any atom is -0.267 e. The summed E-state index contributed by atoms with van der Waals surface area (Å²) >= 11 is 0. The molecule has 0 fully saturated rings. The lowest BCUT2D eigenvalue weighted by atomic mass is 10.3. The Morgan fingerprint density at radius 2 is 2.00 bits per heavy atom. The number of nitrogens with one attached hydrogen (secondary N) is 1. The number of hydrogen-bond acceptors (Lipinski definition) is 3. The lowest BCUT2D eigenvalue weighted by Gasteiger charge is -2.08. The molecule has 0 saturated heterocycles. The van der Waals surface area contributed by atoms with Crippen molar-refractivity contribution in [2.75, 3.05) is 10.5 Å². The Balaban J connectivity index is 3.01.